The van der Waals surface area contributed by atoms with Crippen molar-refractivity contribution >= 4 is 41.1 Å². The number of esters is 1. The molecule has 0 saturated carbocycles. The van der Waals surface area contributed by atoms with Gasteiger partial charge in [0.25, 0.3) is 0 Å². The SMILES string of the molecule is CCCN(C(=O)C(C)C1(OC(=O)CC)CCN(CCc2ccccc2Cl)CC1)c1ccccc1OC.O=C(O)/C=C\C(=O)O. The number of nitrogens with zero attached hydrogens (tertiary/aromatic N) is 2. The van der Waals surface area contributed by atoms with Gasteiger partial charge in [-0.1, -0.05) is 55.8 Å². The van der Waals surface area contributed by atoms with Crippen LogP contribution >= 0.6 is 11.6 Å². The molecule has 0 bridgehead atoms. The first kappa shape index (κ1) is 36.3. The average Bonchev–Trinajstić information content (AvgIpc) is 3.02. The van der Waals surface area contributed by atoms with Gasteiger partial charge >= 0.3 is 17.9 Å². The molecule has 0 aromatic heterocycles. The molecule has 44 heavy (non-hydrogen) atoms. The van der Waals surface area contributed by atoms with E-state index >= 15 is 0 Å². The van der Waals surface area contributed by atoms with Crippen LogP contribution in [0.2, 0.25) is 5.02 Å². The molecule has 1 saturated heterocycles. The summed E-state index contributed by atoms with van der Waals surface area (Å²) in [5, 5.41) is 16.4. The van der Waals surface area contributed by atoms with Gasteiger partial charge in [-0.05, 0) is 43.5 Å². The summed E-state index contributed by atoms with van der Waals surface area (Å²) in [6.45, 7) is 8.67. The molecule has 240 valence electrons. The zero-order valence-electron chi connectivity index (χ0n) is 25.8. The number of carboxylic acid groups (broad SMARTS) is 2. The summed E-state index contributed by atoms with van der Waals surface area (Å²) in [7, 11) is 1.61. The highest BCUT2D eigenvalue weighted by molar-refractivity contribution is 6.31. The number of hydrogen-bond donors (Lipinski definition) is 2. The number of aliphatic carboxylic acids is 2. The highest BCUT2D eigenvalue weighted by Gasteiger charge is 2.47. The lowest BCUT2D eigenvalue weighted by molar-refractivity contribution is -0.174. The number of ether oxygens (including phenoxy) is 2. The predicted octanol–water partition coefficient (Wildman–Crippen LogP) is 5.47. The third-order valence-electron chi connectivity index (χ3n) is 7.58. The first-order valence-corrected chi connectivity index (χ1v) is 15.1. The van der Waals surface area contributed by atoms with Crippen molar-refractivity contribution in [2.24, 2.45) is 5.92 Å². The minimum absolute atomic E-state index is 0.0465. The van der Waals surface area contributed by atoms with Crippen molar-refractivity contribution in [3.63, 3.8) is 0 Å². The molecule has 1 fully saturated rings. The lowest BCUT2D eigenvalue weighted by Crippen LogP contribution is -2.55. The number of amides is 1. The standard InChI is InChI=1S/C29H39ClN2O4.C4H4O4/c1-5-18-32(25-13-9-10-14-26(25)35-4)28(34)22(3)29(36-27(33)6-2)16-20-31(21-17-29)19-15-23-11-7-8-12-24(23)30;5-3(6)1-2-4(7)8/h7-14,22H,5-6,15-21H2,1-4H3;1-2H,(H,5,6)(H,7,8)/b;2-1-. The number of rotatable bonds is 13. The van der Waals surface area contributed by atoms with E-state index in [4.69, 9.17) is 31.3 Å². The van der Waals surface area contributed by atoms with Crippen molar-refractivity contribution in [1.29, 1.82) is 0 Å². The molecule has 2 N–H and O–H groups in total. The summed E-state index contributed by atoms with van der Waals surface area (Å²) in [4.78, 5) is 49.7. The second kappa shape index (κ2) is 18.0. The number of methoxy groups -OCH3 is 1. The van der Waals surface area contributed by atoms with E-state index in [0.717, 1.165) is 48.7 Å². The van der Waals surface area contributed by atoms with Crippen LogP contribution < -0.4 is 9.64 Å². The van der Waals surface area contributed by atoms with E-state index in [0.29, 0.717) is 37.3 Å². The summed E-state index contributed by atoms with van der Waals surface area (Å²) >= 11 is 6.34. The number of carboxylic acids is 2. The van der Waals surface area contributed by atoms with Crippen molar-refractivity contribution in [1.82, 2.24) is 4.90 Å². The van der Waals surface area contributed by atoms with Crippen LogP contribution in [-0.4, -0.2) is 77.8 Å². The van der Waals surface area contributed by atoms with Crippen molar-refractivity contribution < 1.29 is 38.9 Å². The fourth-order valence-electron chi connectivity index (χ4n) is 5.08. The molecule has 2 aromatic carbocycles. The Morgan fingerprint density at radius 3 is 2.14 bits per heavy atom. The van der Waals surface area contributed by atoms with Crippen molar-refractivity contribution in [2.75, 3.05) is 38.2 Å². The Kier molecular flexibility index (Phi) is 14.9. The summed E-state index contributed by atoms with van der Waals surface area (Å²) in [6.07, 6.45) is 4.27. The average molecular weight is 631 g/mol. The number of anilines is 1. The van der Waals surface area contributed by atoms with Crippen LogP contribution in [0.4, 0.5) is 5.69 Å². The normalized spacial score (nSPS) is 15.0. The van der Waals surface area contributed by atoms with Crippen LogP contribution in [0.5, 0.6) is 5.75 Å². The number of likely N-dealkylation sites (tertiary alicyclic amines) is 1. The number of hydrogen-bond acceptors (Lipinski definition) is 7. The highest BCUT2D eigenvalue weighted by Crippen LogP contribution is 2.38. The molecule has 2 aromatic rings. The van der Waals surface area contributed by atoms with Crippen molar-refractivity contribution in [2.45, 2.75) is 58.5 Å². The van der Waals surface area contributed by atoms with Crippen molar-refractivity contribution in [3.8, 4) is 5.75 Å². The molecule has 0 spiro atoms. The van der Waals surface area contributed by atoms with Gasteiger partial charge in [0.2, 0.25) is 5.91 Å². The molecule has 1 aliphatic heterocycles. The second-order valence-corrected chi connectivity index (χ2v) is 10.9. The summed E-state index contributed by atoms with van der Waals surface area (Å²) in [5.41, 5.74) is 1.04. The Morgan fingerprint density at radius 1 is 1.00 bits per heavy atom. The molecule has 0 aliphatic carbocycles. The van der Waals surface area contributed by atoms with E-state index in [1.54, 1.807) is 18.9 Å². The fourth-order valence-corrected chi connectivity index (χ4v) is 5.31. The van der Waals surface area contributed by atoms with Crippen LogP contribution in [0.1, 0.15) is 52.0 Å². The third-order valence-corrected chi connectivity index (χ3v) is 7.95. The lowest BCUT2D eigenvalue weighted by atomic mass is 9.79. The van der Waals surface area contributed by atoms with E-state index in [2.05, 4.69) is 11.0 Å². The molecule has 0 radical (unpaired) electrons. The summed E-state index contributed by atoms with van der Waals surface area (Å²) in [5.74, 6) is -2.66. The number of piperidine rings is 1. The quantitative estimate of drug-likeness (QED) is 0.218. The van der Waals surface area contributed by atoms with E-state index < -0.39 is 23.5 Å². The highest BCUT2D eigenvalue weighted by atomic mass is 35.5. The summed E-state index contributed by atoms with van der Waals surface area (Å²) < 4.78 is 11.6. The van der Waals surface area contributed by atoms with Gasteiger partial charge in [0.05, 0.1) is 18.7 Å². The fraction of sp³-hybridized carbons (Fsp3) is 0.455. The third kappa shape index (κ3) is 10.7. The van der Waals surface area contributed by atoms with Crippen LogP contribution in [0, 0.1) is 5.92 Å². The predicted molar refractivity (Wildman–Crippen MR) is 169 cm³/mol. The van der Waals surface area contributed by atoms with Crippen LogP contribution in [0.25, 0.3) is 0 Å². The van der Waals surface area contributed by atoms with E-state index in [9.17, 15) is 19.2 Å². The molecule has 3 rings (SSSR count). The Morgan fingerprint density at radius 2 is 1.59 bits per heavy atom. The molecule has 11 heteroatoms. The Hall–Kier alpha value is -3.89. The van der Waals surface area contributed by atoms with Gasteiger partial charge in [-0.3, -0.25) is 9.59 Å². The van der Waals surface area contributed by atoms with Crippen molar-refractivity contribution in [3.05, 3.63) is 71.3 Å². The van der Waals surface area contributed by atoms with Gasteiger partial charge in [-0.15, -0.1) is 0 Å². The number of carbonyl (C=O) groups excluding carboxylic acids is 2. The topological polar surface area (TPSA) is 134 Å². The monoisotopic (exact) mass is 630 g/mol. The van der Waals surface area contributed by atoms with Crippen LogP contribution in [0.3, 0.4) is 0 Å². The minimum atomic E-state index is -1.26. The van der Waals surface area contributed by atoms with Crippen LogP contribution in [0.15, 0.2) is 60.7 Å². The van der Waals surface area contributed by atoms with E-state index in [1.165, 1.54) is 0 Å². The maximum Gasteiger partial charge on any atom is 0.328 e. The van der Waals surface area contributed by atoms with Gasteiger partial charge in [-0.25, -0.2) is 9.59 Å². The number of benzene rings is 2. The Balaban J connectivity index is 0.000000742. The number of para-hydroxylation sites is 2. The molecule has 1 heterocycles. The molecule has 1 aliphatic rings. The maximum absolute atomic E-state index is 14.0. The van der Waals surface area contributed by atoms with Gasteiger partial charge in [0, 0.05) is 62.6 Å². The molecular formula is C33H43ClN2O8. The maximum atomic E-state index is 14.0. The lowest BCUT2D eigenvalue weighted by Gasteiger charge is -2.45. The zero-order valence-corrected chi connectivity index (χ0v) is 26.6. The Bertz CT molecular complexity index is 1270. The zero-order chi connectivity index (χ0) is 32.7. The molecule has 1 atom stereocenters. The molecule has 1 unspecified atom stereocenters. The summed E-state index contributed by atoms with van der Waals surface area (Å²) in [6, 6.07) is 15.5. The minimum Gasteiger partial charge on any atom is -0.495 e. The van der Waals surface area contributed by atoms with Gasteiger partial charge in [0.1, 0.15) is 11.4 Å². The second-order valence-electron chi connectivity index (χ2n) is 10.5. The van der Waals surface area contributed by atoms with Gasteiger partial charge < -0.3 is 29.5 Å². The van der Waals surface area contributed by atoms with Gasteiger partial charge in [0.15, 0.2) is 0 Å². The smallest absolute Gasteiger partial charge is 0.328 e. The van der Waals surface area contributed by atoms with E-state index in [-0.39, 0.29) is 18.3 Å². The first-order chi connectivity index (χ1) is 21.0. The van der Waals surface area contributed by atoms with Gasteiger partial charge in [-0.2, -0.15) is 0 Å². The molecule has 1 amide bonds. The number of halogens is 1. The van der Waals surface area contributed by atoms with E-state index in [1.807, 2.05) is 56.3 Å². The van der Waals surface area contributed by atoms with Crippen LogP contribution in [-0.2, 0) is 30.3 Å². The largest absolute Gasteiger partial charge is 0.495 e. The molecule has 10 nitrogen and oxygen atoms in total. The number of carbonyl (C=O) groups is 4. The Labute approximate surface area is 264 Å². The molecular weight excluding hydrogens is 588 g/mol. The first-order valence-electron chi connectivity index (χ1n) is 14.7.